The number of para-hydroxylation sites is 3. The summed E-state index contributed by atoms with van der Waals surface area (Å²) < 4.78 is 23.5. The zero-order chi connectivity index (χ0) is 36.6. The number of aromatic nitrogens is 4. The van der Waals surface area contributed by atoms with Crippen LogP contribution in [-0.4, -0.2) is 19.3 Å². The Kier molecular flexibility index (Phi) is 9.79. The molecule has 6 aromatic carbocycles. The van der Waals surface area contributed by atoms with Gasteiger partial charge in [-0.2, -0.15) is 17.2 Å². The first kappa shape index (κ1) is 35.6. The molecule has 0 aliphatic rings. The molecule has 0 saturated carbocycles. The summed E-state index contributed by atoms with van der Waals surface area (Å²) >= 11 is 0. The van der Waals surface area contributed by atoms with Gasteiger partial charge in [-0.05, 0) is 97.1 Å². The van der Waals surface area contributed by atoms with Crippen LogP contribution in [0.3, 0.4) is 0 Å². The van der Waals surface area contributed by atoms with Crippen molar-refractivity contribution in [3.8, 4) is 57.1 Å². The van der Waals surface area contributed by atoms with Crippen LogP contribution in [0.15, 0.2) is 152 Å². The van der Waals surface area contributed by atoms with E-state index in [1.54, 1.807) is 4.68 Å². The first-order chi connectivity index (χ1) is 26.5. The number of nitrogens with zero attached hydrogens (tertiary/aromatic N) is 4. The normalized spacial score (nSPS) is 11.0. The van der Waals surface area contributed by atoms with Gasteiger partial charge in [0.15, 0.2) is 0 Å². The molecule has 0 bridgehead atoms. The number of fused-ring (bicyclic) bond motifs is 3. The summed E-state index contributed by atoms with van der Waals surface area (Å²) in [5.74, 6) is 4.78. The van der Waals surface area contributed by atoms with E-state index >= 15 is 0 Å². The van der Waals surface area contributed by atoms with Crippen LogP contribution in [0.5, 0.6) is 34.5 Å². The fourth-order valence-electron chi connectivity index (χ4n) is 6.84. The molecule has 9 aromatic rings. The summed E-state index contributed by atoms with van der Waals surface area (Å²) in [5.41, 5.74) is 7.37. The minimum absolute atomic E-state index is 0. The summed E-state index contributed by atoms with van der Waals surface area (Å²) in [7, 11) is 0. The molecule has 0 fully saturated rings. The zero-order valence-corrected chi connectivity index (χ0v) is 32.5. The van der Waals surface area contributed by atoms with Gasteiger partial charge in [-0.15, -0.1) is 35.7 Å². The smallest absolute Gasteiger partial charge is 0.509 e. The van der Waals surface area contributed by atoms with Crippen molar-refractivity contribution in [3.05, 3.63) is 181 Å². The largest absolute Gasteiger partial charge is 2.00 e. The summed E-state index contributed by atoms with van der Waals surface area (Å²) in [6, 6.07) is 50.7. The van der Waals surface area contributed by atoms with Crippen LogP contribution >= 0.6 is 0 Å². The summed E-state index contributed by atoms with van der Waals surface area (Å²) in [4.78, 5) is 4.70. The molecular formula is C47H34N4O3Pt. The van der Waals surface area contributed by atoms with E-state index in [2.05, 4.69) is 60.0 Å². The second-order valence-electron chi connectivity index (χ2n) is 13.2. The van der Waals surface area contributed by atoms with Crippen LogP contribution in [0, 0.1) is 32.9 Å². The van der Waals surface area contributed by atoms with Gasteiger partial charge in [-0.3, -0.25) is 4.68 Å². The van der Waals surface area contributed by atoms with Crippen LogP contribution in [0.4, 0.5) is 0 Å². The standard InChI is InChI=1S/C47H34N4O3.Pt/c1-31-23-24-48-44(25-31)51-42-20-11-10-19-40(42)41-22-21-39(28-43(41)51)52-38-18-12-13-35(27-38)50-30-34(29-49-50)45-46(53-36-14-6-4-7-15-36)32(2)26-33(3)47(45)54-37-16-8-5-9-17-37;/h4-26,29-30H,1-3H3;/q-2;+2. The molecule has 0 saturated heterocycles. The van der Waals surface area contributed by atoms with Crippen molar-refractivity contribution in [1.29, 1.82) is 0 Å². The Morgan fingerprint density at radius 1 is 0.600 bits per heavy atom. The van der Waals surface area contributed by atoms with E-state index in [4.69, 9.17) is 24.3 Å². The first-order valence-electron chi connectivity index (χ1n) is 17.7. The summed E-state index contributed by atoms with van der Waals surface area (Å²) in [6.45, 7) is 6.16. The van der Waals surface area contributed by atoms with Gasteiger partial charge in [0.2, 0.25) is 0 Å². The number of rotatable bonds is 9. The third-order valence-electron chi connectivity index (χ3n) is 9.31. The minimum Gasteiger partial charge on any atom is -0.509 e. The van der Waals surface area contributed by atoms with Crippen molar-refractivity contribution < 1.29 is 35.3 Å². The predicted octanol–water partition coefficient (Wildman–Crippen LogP) is 11.9. The second-order valence-corrected chi connectivity index (χ2v) is 13.2. The number of hydrogen-bond donors (Lipinski definition) is 0. The average Bonchev–Trinajstić information content (AvgIpc) is 3.81. The van der Waals surface area contributed by atoms with Gasteiger partial charge < -0.3 is 18.8 Å². The van der Waals surface area contributed by atoms with E-state index in [1.165, 1.54) is 0 Å². The molecule has 9 rings (SSSR count). The van der Waals surface area contributed by atoms with Crippen LogP contribution < -0.4 is 14.2 Å². The fraction of sp³-hybridized carbons (Fsp3) is 0.0638. The molecule has 0 radical (unpaired) electrons. The maximum atomic E-state index is 6.57. The van der Waals surface area contributed by atoms with Crippen molar-refractivity contribution in [1.82, 2.24) is 19.3 Å². The molecule has 0 atom stereocenters. The first-order valence-corrected chi connectivity index (χ1v) is 17.7. The molecule has 0 spiro atoms. The van der Waals surface area contributed by atoms with Crippen molar-refractivity contribution in [3.63, 3.8) is 0 Å². The Balaban J connectivity index is 0.00000427. The molecule has 0 N–H and O–H groups in total. The van der Waals surface area contributed by atoms with Gasteiger partial charge in [-0.25, -0.2) is 4.98 Å². The van der Waals surface area contributed by atoms with E-state index in [9.17, 15) is 0 Å². The third-order valence-corrected chi connectivity index (χ3v) is 9.31. The maximum absolute atomic E-state index is 6.57. The molecule has 3 heterocycles. The number of aryl methyl sites for hydroxylation is 3. The van der Waals surface area contributed by atoms with Crippen molar-refractivity contribution >= 4 is 21.8 Å². The van der Waals surface area contributed by atoms with Crippen LogP contribution in [0.2, 0.25) is 0 Å². The topological polar surface area (TPSA) is 63.3 Å². The van der Waals surface area contributed by atoms with Crippen LogP contribution in [0.1, 0.15) is 16.7 Å². The fourth-order valence-corrected chi connectivity index (χ4v) is 6.84. The summed E-state index contributed by atoms with van der Waals surface area (Å²) in [5, 5.41) is 6.98. The van der Waals surface area contributed by atoms with Gasteiger partial charge in [0, 0.05) is 35.0 Å². The van der Waals surface area contributed by atoms with Crippen molar-refractivity contribution in [2.24, 2.45) is 0 Å². The SMILES string of the molecule is Cc1ccnc(-n2c3[c-]c(Oc4[c-]c(-n5cc(-c6c(Oc7ccccc7)c(C)cc(C)c6Oc6ccccc6)cn5)ccc4)ccc3c3ccccc32)c1.[Pt+2]. The Hall–Kier alpha value is -6.43. The number of ether oxygens (including phenoxy) is 3. The van der Waals surface area contributed by atoms with Gasteiger partial charge in [0.05, 0.1) is 11.8 Å². The molecular weight excluding hydrogens is 864 g/mol. The quantitative estimate of drug-likeness (QED) is 0.135. The maximum Gasteiger partial charge on any atom is 2.00 e. The number of pyridine rings is 1. The van der Waals surface area contributed by atoms with E-state index in [0.717, 1.165) is 66.9 Å². The van der Waals surface area contributed by atoms with Crippen LogP contribution in [-0.2, 0) is 21.1 Å². The van der Waals surface area contributed by atoms with Crippen molar-refractivity contribution in [2.45, 2.75) is 20.8 Å². The van der Waals surface area contributed by atoms with Gasteiger partial charge >= 0.3 is 21.1 Å². The third kappa shape index (κ3) is 7.03. The summed E-state index contributed by atoms with van der Waals surface area (Å²) in [6.07, 6.45) is 5.62. The zero-order valence-electron chi connectivity index (χ0n) is 30.3. The molecule has 0 unspecified atom stereocenters. The Bertz CT molecular complexity index is 2730. The molecule has 8 heteroatoms. The predicted molar refractivity (Wildman–Crippen MR) is 213 cm³/mol. The molecule has 270 valence electrons. The van der Waals surface area contributed by atoms with Gasteiger partial charge in [0.25, 0.3) is 0 Å². The average molecular weight is 898 g/mol. The Labute approximate surface area is 333 Å². The molecule has 0 amide bonds. The monoisotopic (exact) mass is 897 g/mol. The van der Waals surface area contributed by atoms with E-state index in [0.29, 0.717) is 28.7 Å². The number of benzene rings is 6. The molecule has 0 aliphatic carbocycles. The van der Waals surface area contributed by atoms with E-state index < -0.39 is 0 Å². The van der Waals surface area contributed by atoms with Crippen molar-refractivity contribution in [2.75, 3.05) is 0 Å². The van der Waals surface area contributed by atoms with Crippen LogP contribution in [0.25, 0.3) is 44.4 Å². The molecule has 3 aromatic heterocycles. The van der Waals surface area contributed by atoms with Gasteiger partial charge in [-0.1, -0.05) is 60.1 Å². The Morgan fingerprint density at radius 2 is 1.27 bits per heavy atom. The molecule has 55 heavy (non-hydrogen) atoms. The molecule has 7 nitrogen and oxygen atoms in total. The van der Waals surface area contributed by atoms with E-state index in [-0.39, 0.29) is 21.1 Å². The minimum atomic E-state index is 0. The van der Waals surface area contributed by atoms with E-state index in [1.807, 2.05) is 129 Å². The molecule has 0 aliphatic heterocycles. The van der Waals surface area contributed by atoms with Gasteiger partial charge in [0.1, 0.15) is 28.8 Å². The number of hydrogen-bond acceptors (Lipinski definition) is 5. The Morgan fingerprint density at radius 3 is 1.98 bits per heavy atom. The second kappa shape index (κ2) is 15.1.